The number of anilines is 1. The molecular formula is C22H21F3N2O3S. The van der Waals surface area contributed by atoms with E-state index in [2.05, 4.69) is 5.32 Å². The molecule has 0 aliphatic rings. The second kappa shape index (κ2) is 7.88. The van der Waals surface area contributed by atoms with Gasteiger partial charge in [-0.25, -0.2) is 8.42 Å². The van der Waals surface area contributed by atoms with Crippen molar-refractivity contribution in [3.8, 4) is 16.9 Å². The molecule has 0 atom stereocenters. The summed E-state index contributed by atoms with van der Waals surface area (Å²) < 4.78 is 64.8. The van der Waals surface area contributed by atoms with E-state index in [-0.39, 0.29) is 10.8 Å². The van der Waals surface area contributed by atoms with Gasteiger partial charge in [0.05, 0.1) is 21.8 Å². The van der Waals surface area contributed by atoms with Crippen LogP contribution in [0.25, 0.3) is 16.9 Å². The molecule has 0 aliphatic heterocycles. The molecule has 5 nitrogen and oxygen atoms in total. The van der Waals surface area contributed by atoms with E-state index in [1.807, 2.05) is 0 Å². The van der Waals surface area contributed by atoms with E-state index in [0.717, 1.165) is 24.0 Å². The number of benzene rings is 2. The van der Waals surface area contributed by atoms with E-state index in [0.29, 0.717) is 28.2 Å². The van der Waals surface area contributed by atoms with Gasteiger partial charge in [-0.2, -0.15) is 13.2 Å². The highest BCUT2D eigenvalue weighted by molar-refractivity contribution is 7.90. The number of sulfone groups is 1. The van der Waals surface area contributed by atoms with Gasteiger partial charge in [-0.1, -0.05) is 6.07 Å². The van der Waals surface area contributed by atoms with Crippen LogP contribution in [0.5, 0.6) is 0 Å². The van der Waals surface area contributed by atoms with Gasteiger partial charge in [-0.05, 0) is 61.4 Å². The average molecular weight is 450 g/mol. The van der Waals surface area contributed by atoms with Crippen LogP contribution in [0.2, 0.25) is 0 Å². The first-order valence-electron chi connectivity index (χ1n) is 9.27. The Labute approximate surface area is 178 Å². The molecule has 0 bridgehead atoms. The highest BCUT2D eigenvalue weighted by atomic mass is 32.2. The molecule has 3 rings (SSSR count). The highest BCUT2D eigenvalue weighted by Crippen LogP contribution is 2.38. The number of amides is 1. The third kappa shape index (κ3) is 4.66. The quantitative estimate of drug-likeness (QED) is 0.598. The standard InChI is InChI=1S/C22H21F3N2O3S/c1-13-5-10-18(31(4,29)30)11-19(13)21-20(26-15(3)28)14(2)12-27(21)17-8-6-16(7-9-17)22(23,24)25/h5-12H,1-4H3,(H,26,28). The SMILES string of the molecule is CC(=O)Nc1c(C)cn(-c2ccc(C(F)(F)F)cc2)c1-c1cc(S(C)(=O)=O)ccc1C. The van der Waals surface area contributed by atoms with Crippen LogP contribution < -0.4 is 5.32 Å². The molecule has 0 saturated heterocycles. The summed E-state index contributed by atoms with van der Waals surface area (Å²) in [6, 6.07) is 9.27. The minimum atomic E-state index is -4.46. The van der Waals surface area contributed by atoms with Crippen molar-refractivity contribution < 1.29 is 26.4 Å². The second-order valence-corrected chi connectivity index (χ2v) is 9.40. The molecular weight excluding hydrogens is 429 g/mol. The lowest BCUT2D eigenvalue weighted by atomic mass is 10.0. The van der Waals surface area contributed by atoms with Crippen molar-refractivity contribution in [1.29, 1.82) is 0 Å². The number of carbonyl (C=O) groups excluding carboxylic acids is 1. The maximum atomic E-state index is 13.0. The Morgan fingerprint density at radius 3 is 2.13 bits per heavy atom. The maximum absolute atomic E-state index is 13.0. The van der Waals surface area contributed by atoms with Crippen LogP contribution in [0.15, 0.2) is 53.6 Å². The molecule has 3 aromatic rings. The first kappa shape index (κ1) is 22.6. The van der Waals surface area contributed by atoms with E-state index < -0.39 is 21.6 Å². The zero-order valence-corrected chi connectivity index (χ0v) is 18.1. The summed E-state index contributed by atoms with van der Waals surface area (Å²) in [6.45, 7) is 4.89. The summed E-state index contributed by atoms with van der Waals surface area (Å²) in [5, 5.41) is 2.76. The van der Waals surface area contributed by atoms with Gasteiger partial charge in [0, 0.05) is 30.6 Å². The van der Waals surface area contributed by atoms with Crippen LogP contribution in [0.3, 0.4) is 0 Å². The van der Waals surface area contributed by atoms with Gasteiger partial charge in [-0.3, -0.25) is 4.79 Å². The van der Waals surface area contributed by atoms with Crippen molar-refractivity contribution in [3.05, 3.63) is 65.4 Å². The van der Waals surface area contributed by atoms with Crippen molar-refractivity contribution in [2.45, 2.75) is 31.8 Å². The number of nitrogens with zero attached hydrogens (tertiary/aromatic N) is 1. The average Bonchev–Trinajstić information content (AvgIpc) is 2.96. The van der Waals surface area contributed by atoms with E-state index in [4.69, 9.17) is 0 Å². The number of nitrogens with one attached hydrogen (secondary N) is 1. The first-order chi connectivity index (χ1) is 14.3. The predicted octanol–water partition coefficient (Wildman–Crippen LogP) is 5.14. The summed E-state index contributed by atoms with van der Waals surface area (Å²) in [7, 11) is -3.50. The summed E-state index contributed by atoms with van der Waals surface area (Å²) in [5.41, 5.74) is 2.56. The zero-order chi connectivity index (χ0) is 23.1. The van der Waals surface area contributed by atoms with Gasteiger partial charge in [0.15, 0.2) is 9.84 Å². The highest BCUT2D eigenvalue weighted by Gasteiger charge is 2.30. The minimum Gasteiger partial charge on any atom is -0.324 e. The van der Waals surface area contributed by atoms with Gasteiger partial charge in [0.1, 0.15) is 0 Å². The molecule has 9 heteroatoms. The molecule has 0 spiro atoms. The fourth-order valence-corrected chi connectivity index (χ4v) is 3.98. The van der Waals surface area contributed by atoms with E-state index in [1.165, 1.54) is 31.2 Å². The molecule has 1 heterocycles. The molecule has 0 radical (unpaired) electrons. The summed E-state index contributed by atoms with van der Waals surface area (Å²) >= 11 is 0. The van der Waals surface area contributed by atoms with Gasteiger partial charge in [0.25, 0.3) is 0 Å². The van der Waals surface area contributed by atoms with E-state index >= 15 is 0 Å². The molecule has 31 heavy (non-hydrogen) atoms. The van der Waals surface area contributed by atoms with Gasteiger partial charge in [-0.15, -0.1) is 0 Å². The lowest BCUT2D eigenvalue weighted by Crippen LogP contribution is -2.09. The predicted molar refractivity (Wildman–Crippen MR) is 113 cm³/mol. The first-order valence-corrected chi connectivity index (χ1v) is 11.2. The molecule has 0 fully saturated rings. The number of aromatic nitrogens is 1. The van der Waals surface area contributed by atoms with Crippen molar-refractivity contribution in [1.82, 2.24) is 4.57 Å². The topological polar surface area (TPSA) is 68.2 Å². The van der Waals surface area contributed by atoms with Gasteiger partial charge < -0.3 is 9.88 Å². The van der Waals surface area contributed by atoms with E-state index in [1.54, 1.807) is 30.7 Å². The summed E-state index contributed by atoms with van der Waals surface area (Å²) in [6.07, 6.45) is -1.68. The second-order valence-electron chi connectivity index (χ2n) is 7.38. The van der Waals surface area contributed by atoms with Gasteiger partial charge >= 0.3 is 6.18 Å². The van der Waals surface area contributed by atoms with Crippen molar-refractivity contribution in [3.63, 3.8) is 0 Å². The molecule has 164 valence electrons. The molecule has 2 aromatic carbocycles. The summed E-state index contributed by atoms with van der Waals surface area (Å²) in [4.78, 5) is 11.9. The van der Waals surface area contributed by atoms with Crippen molar-refractivity contribution in [2.75, 3.05) is 11.6 Å². The molecule has 1 aromatic heterocycles. The normalized spacial score (nSPS) is 12.1. The molecule has 0 unspecified atom stereocenters. The number of halogens is 3. The minimum absolute atomic E-state index is 0.0969. The third-order valence-electron chi connectivity index (χ3n) is 4.86. The smallest absolute Gasteiger partial charge is 0.324 e. The fourth-order valence-electron chi connectivity index (χ4n) is 3.33. The summed E-state index contributed by atoms with van der Waals surface area (Å²) in [5.74, 6) is -0.327. The Morgan fingerprint density at radius 2 is 1.61 bits per heavy atom. The maximum Gasteiger partial charge on any atom is 0.416 e. The monoisotopic (exact) mass is 450 g/mol. The number of rotatable bonds is 4. The fraction of sp³-hybridized carbons (Fsp3) is 0.227. The number of aryl methyl sites for hydroxylation is 2. The van der Waals surface area contributed by atoms with Crippen LogP contribution in [0.4, 0.5) is 18.9 Å². The molecule has 1 amide bonds. The third-order valence-corrected chi connectivity index (χ3v) is 5.97. The zero-order valence-electron chi connectivity index (χ0n) is 17.3. The van der Waals surface area contributed by atoms with Crippen molar-refractivity contribution in [2.24, 2.45) is 0 Å². The Balaban J connectivity index is 2.30. The van der Waals surface area contributed by atoms with Crippen molar-refractivity contribution >= 4 is 21.4 Å². The Kier molecular flexibility index (Phi) is 5.75. The Morgan fingerprint density at radius 1 is 1.00 bits per heavy atom. The van der Waals surface area contributed by atoms with Crippen LogP contribution in [0, 0.1) is 13.8 Å². The van der Waals surface area contributed by atoms with Gasteiger partial charge in [0.2, 0.25) is 5.91 Å². The molecule has 1 N–H and O–H groups in total. The van der Waals surface area contributed by atoms with Crippen LogP contribution in [0.1, 0.15) is 23.6 Å². The number of carbonyl (C=O) groups is 1. The lowest BCUT2D eigenvalue weighted by Gasteiger charge is -2.16. The largest absolute Gasteiger partial charge is 0.416 e. The molecule has 0 saturated carbocycles. The Bertz CT molecular complexity index is 1260. The number of alkyl halides is 3. The molecule has 0 aliphatic carbocycles. The Hall–Kier alpha value is -3.07. The lowest BCUT2D eigenvalue weighted by molar-refractivity contribution is -0.137. The van der Waals surface area contributed by atoms with Crippen LogP contribution in [-0.2, 0) is 20.8 Å². The number of hydrogen-bond acceptors (Lipinski definition) is 3. The van der Waals surface area contributed by atoms with Crippen LogP contribution >= 0.6 is 0 Å². The number of hydrogen-bond donors (Lipinski definition) is 1. The van der Waals surface area contributed by atoms with E-state index in [9.17, 15) is 26.4 Å². The van der Waals surface area contributed by atoms with Crippen LogP contribution in [-0.4, -0.2) is 25.1 Å².